The van der Waals surface area contributed by atoms with Gasteiger partial charge in [-0.15, -0.1) is 13.2 Å². The van der Waals surface area contributed by atoms with E-state index < -0.39 is 17.9 Å². The van der Waals surface area contributed by atoms with E-state index in [2.05, 4.69) is 18.6 Å². The standard InChI is InChI=1S/C16H15F3O2/c1-10(2)11-4-3-5-12(8-11)13-6-7-15(14(20)9-13)21-16(17,18)19/h3-10,20H,1-2H3. The average Bonchev–Trinajstić information content (AvgIpc) is 2.40. The molecule has 0 fully saturated rings. The Hall–Kier alpha value is -2.17. The van der Waals surface area contributed by atoms with Crippen molar-refractivity contribution in [3.05, 3.63) is 48.0 Å². The van der Waals surface area contributed by atoms with Crippen LogP contribution in [0.15, 0.2) is 42.5 Å². The largest absolute Gasteiger partial charge is 0.573 e. The van der Waals surface area contributed by atoms with Gasteiger partial charge in [0.15, 0.2) is 11.5 Å². The lowest BCUT2D eigenvalue weighted by atomic mass is 9.97. The van der Waals surface area contributed by atoms with E-state index in [0.29, 0.717) is 11.5 Å². The molecular formula is C16H15F3O2. The van der Waals surface area contributed by atoms with Crippen LogP contribution in [0, 0.1) is 0 Å². The quantitative estimate of drug-likeness (QED) is 0.855. The molecule has 0 amide bonds. The zero-order chi connectivity index (χ0) is 15.6. The van der Waals surface area contributed by atoms with Gasteiger partial charge in [-0.05, 0) is 34.7 Å². The Bertz CT molecular complexity index is 634. The lowest BCUT2D eigenvalue weighted by molar-refractivity contribution is -0.275. The minimum atomic E-state index is -4.82. The van der Waals surface area contributed by atoms with E-state index >= 15 is 0 Å². The van der Waals surface area contributed by atoms with Crippen LogP contribution in [-0.4, -0.2) is 11.5 Å². The second-order valence-electron chi connectivity index (χ2n) is 5.01. The summed E-state index contributed by atoms with van der Waals surface area (Å²) < 4.78 is 40.2. The molecule has 0 bridgehead atoms. The molecule has 0 aliphatic heterocycles. The van der Waals surface area contributed by atoms with Crippen LogP contribution in [0.5, 0.6) is 11.5 Å². The highest BCUT2D eigenvalue weighted by atomic mass is 19.4. The lowest BCUT2D eigenvalue weighted by Crippen LogP contribution is -2.17. The van der Waals surface area contributed by atoms with E-state index in [0.717, 1.165) is 17.2 Å². The highest BCUT2D eigenvalue weighted by Gasteiger charge is 2.32. The highest BCUT2D eigenvalue weighted by molar-refractivity contribution is 5.67. The molecular weight excluding hydrogens is 281 g/mol. The number of alkyl halides is 3. The number of phenols is 1. The topological polar surface area (TPSA) is 29.5 Å². The molecule has 0 aromatic heterocycles. The summed E-state index contributed by atoms with van der Waals surface area (Å²) in [7, 11) is 0. The van der Waals surface area contributed by atoms with Crippen LogP contribution in [0.3, 0.4) is 0 Å². The maximum Gasteiger partial charge on any atom is 0.573 e. The van der Waals surface area contributed by atoms with E-state index in [-0.39, 0.29) is 0 Å². The molecule has 5 heteroatoms. The molecule has 1 N–H and O–H groups in total. The maximum atomic E-state index is 12.2. The number of halogens is 3. The van der Waals surface area contributed by atoms with E-state index in [9.17, 15) is 18.3 Å². The van der Waals surface area contributed by atoms with Gasteiger partial charge in [0.25, 0.3) is 0 Å². The smallest absolute Gasteiger partial charge is 0.504 e. The summed E-state index contributed by atoms with van der Waals surface area (Å²) in [5.41, 5.74) is 2.57. The fraction of sp³-hybridized carbons (Fsp3) is 0.250. The molecule has 2 nitrogen and oxygen atoms in total. The van der Waals surface area contributed by atoms with Gasteiger partial charge in [0.1, 0.15) is 0 Å². The summed E-state index contributed by atoms with van der Waals surface area (Å²) in [6, 6.07) is 11.5. The van der Waals surface area contributed by atoms with Crippen molar-refractivity contribution in [3.63, 3.8) is 0 Å². The number of ether oxygens (including phenoxy) is 1. The Morgan fingerprint density at radius 3 is 2.24 bits per heavy atom. The third-order valence-corrected chi connectivity index (χ3v) is 3.07. The van der Waals surface area contributed by atoms with Gasteiger partial charge in [-0.1, -0.05) is 44.2 Å². The fourth-order valence-corrected chi connectivity index (χ4v) is 1.99. The van der Waals surface area contributed by atoms with Crippen molar-refractivity contribution in [3.8, 4) is 22.6 Å². The van der Waals surface area contributed by atoms with Crippen molar-refractivity contribution in [2.45, 2.75) is 26.1 Å². The predicted molar refractivity (Wildman–Crippen MR) is 74.3 cm³/mol. The SMILES string of the molecule is CC(C)c1cccc(-c2ccc(OC(F)(F)F)c(O)c2)c1. The van der Waals surface area contributed by atoms with Crippen LogP contribution < -0.4 is 4.74 Å². The molecule has 0 radical (unpaired) electrons. The first kappa shape index (κ1) is 15.2. The summed E-state index contributed by atoms with van der Waals surface area (Å²) in [6.45, 7) is 4.10. The predicted octanol–water partition coefficient (Wildman–Crippen LogP) is 5.08. The molecule has 0 atom stereocenters. The molecule has 0 unspecified atom stereocenters. The first-order valence-corrected chi connectivity index (χ1v) is 6.45. The highest BCUT2D eigenvalue weighted by Crippen LogP contribution is 2.35. The maximum absolute atomic E-state index is 12.2. The second-order valence-corrected chi connectivity index (χ2v) is 5.01. The minimum absolute atomic E-state index is 0.339. The summed E-state index contributed by atoms with van der Waals surface area (Å²) in [4.78, 5) is 0. The van der Waals surface area contributed by atoms with E-state index in [4.69, 9.17) is 0 Å². The third kappa shape index (κ3) is 3.90. The van der Waals surface area contributed by atoms with Crippen LogP contribution in [0.2, 0.25) is 0 Å². The summed E-state index contributed by atoms with van der Waals surface area (Å²) >= 11 is 0. The molecule has 0 spiro atoms. The number of phenolic OH excluding ortho intramolecular Hbond substituents is 1. The minimum Gasteiger partial charge on any atom is -0.504 e. The fourth-order valence-electron chi connectivity index (χ4n) is 1.99. The van der Waals surface area contributed by atoms with Gasteiger partial charge in [-0.2, -0.15) is 0 Å². The molecule has 2 aromatic rings. The van der Waals surface area contributed by atoms with Crippen molar-refractivity contribution in [1.29, 1.82) is 0 Å². The third-order valence-electron chi connectivity index (χ3n) is 3.07. The molecule has 2 rings (SSSR count). The Balaban J connectivity index is 2.34. The van der Waals surface area contributed by atoms with Gasteiger partial charge in [0, 0.05) is 0 Å². The zero-order valence-corrected chi connectivity index (χ0v) is 11.6. The van der Waals surface area contributed by atoms with Crippen LogP contribution in [0.25, 0.3) is 11.1 Å². The Kier molecular flexibility index (Phi) is 4.11. The number of hydrogen-bond acceptors (Lipinski definition) is 2. The Morgan fingerprint density at radius 2 is 1.67 bits per heavy atom. The number of rotatable bonds is 3. The van der Waals surface area contributed by atoms with Crippen LogP contribution >= 0.6 is 0 Å². The molecule has 0 saturated carbocycles. The van der Waals surface area contributed by atoms with Crippen LogP contribution in [-0.2, 0) is 0 Å². The molecule has 21 heavy (non-hydrogen) atoms. The summed E-state index contributed by atoms with van der Waals surface area (Å²) in [6.07, 6.45) is -4.82. The average molecular weight is 296 g/mol. The van der Waals surface area contributed by atoms with Crippen LogP contribution in [0.4, 0.5) is 13.2 Å². The van der Waals surface area contributed by atoms with Crippen molar-refractivity contribution in [1.82, 2.24) is 0 Å². The number of aromatic hydroxyl groups is 1. The summed E-state index contributed by atoms with van der Waals surface area (Å²) in [5, 5.41) is 9.67. The Morgan fingerprint density at radius 1 is 1.00 bits per heavy atom. The number of benzene rings is 2. The summed E-state index contributed by atoms with van der Waals surface area (Å²) in [5.74, 6) is -0.808. The van der Waals surface area contributed by atoms with Gasteiger partial charge in [0.05, 0.1) is 0 Å². The molecule has 0 saturated heterocycles. The first-order valence-electron chi connectivity index (χ1n) is 6.45. The number of hydrogen-bond donors (Lipinski definition) is 1. The molecule has 0 aliphatic carbocycles. The van der Waals surface area contributed by atoms with Crippen molar-refractivity contribution in [2.24, 2.45) is 0 Å². The van der Waals surface area contributed by atoms with Gasteiger partial charge in [0.2, 0.25) is 0 Å². The normalized spacial score (nSPS) is 11.7. The van der Waals surface area contributed by atoms with Crippen molar-refractivity contribution >= 4 is 0 Å². The van der Waals surface area contributed by atoms with Gasteiger partial charge in [-0.3, -0.25) is 0 Å². The van der Waals surface area contributed by atoms with E-state index in [1.807, 2.05) is 24.3 Å². The second kappa shape index (κ2) is 5.68. The van der Waals surface area contributed by atoms with E-state index in [1.54, 1.807) is 0 Å². The van der Waals surface area contributed by atoms with Gasteiger partial charge >= 0.3 is 6.36 Å². The van der Waals surface area contributed by atoms with E-state index in [1.165, 1.54) is 12.1 Å². The molecule has 0 heterocycles. The van der Waals surface area contributed by atoms with Crippen molar-refractivity contribution in [2.75, 3.05) is 0 Å². The monoisotopic (exact) mass is 296 g/mol. The van der Waals surface area contributed by atoms with Gasteiger partial charge < -0.3 is 9.84 Å². The molecule has 0 aliphatic rings. The van der Waals surface area contributed by atoms with Crippen molar-refractivity contribution < 1.29 is 23.0 Å². The molecule has 2 aromatic carbocycles. The Labute approximate surface area is 120 Å². The first-order chi connectivity index (χ1) is 9.76. The molecule has 112 valence electrons. The van der Waals surface area contributed by atoms with Crippen LogP contribution in [0.1, 0.15) is 25.3 Å². The lowest BCUT2D eigenvalue weighted by Gasteiger charge is -2.12. The van der Waals surface area contributed by atoms with Gasteiger partial charge in [-0.25, -0.2) is 0 Å². The zero-order valence-electron chi connectivity index (χ0n) is 11.6.